The zero-order valence-electron chi connectivity index (χ0n) is 15.9. The smallest absolute Gasteiger partial charge is 0.256 e. The van der Waals surface area contributed by atoms with Gasteiger partial charge in [-0.25, -0.2) is 0 Å². The van der Waals surface area contributed by atoms with Gasteiger partial charge in [-0.2, -0.15) is 0 Å². The number of hydrogen-bond donors (Lipinski definition) is 1. The quantitative estimate of drug-likeness (QED) is 0.615. The Labute approximate surface area is 184 Å². The Hall–Kier alpha value is -1.80. The molecule has 148 valence electrons. The molecule has 0 radical (unpaired) electrons. The lowest BCUT2D eigenvalue weighted by molar-refractivity contribution is -0.134. The van der Waals surface area contributed by atoms with Crippen molar-refractivity contribution in [1.82, 2.24) is 4.90 Å². The van der Waals surface area contributed by atoms with Gasteiger partial charge in [0, 0.05) is 35.7 Å². The summed E-state index contributed by atoms with van der Waals surface area (Å²) in [6, 6.07) is 13.0. The number of benzene rings is 2. The van der Waals surface area contributed by atoms with E-state index in [1.165, 1.54) is 0 Å². The fraction of sp³-hybridized carbons (Fsp3) is 0.333. The maximum Gasteiger partial charge on any atom is 0.256 e. The van der Waals surface area contributed by atoms with E-state index in [2.05, 4.69) is 32.8 Å². The van der Waals surface area contributed by atoms with Crippen LogP contribution in [-0.4, -0.2) is 42.9 Å². The van der Waals surface area contributed by atoms with E-state index in [4.69, 9.17) is 11.6 Å². The van der Waals surface area contributed by atoms with Gasteiger partial charge in [0.05, 0.1) is 22.0 Å². The minimum atomic E-state index is -0.165. The molecule has 3 rings (SSSR count). The standard InChI is InChI=1S/C21H23ClIN3O2/c1-14(2)21(28)26-12-10-25(11-13-26)19-16(22)7-5-9-18(19)24-20(27)15-6-3-4-8-17(15)23/h3-9,14H,10-13H2,1-2H3,(H,24,27). The van der Waals surface area contributed by atoms with Gasteiger partial charge in [-0.1, -0.05) is 43.6 Å². The van der Waals surface area contributed by atoms with Crippen molar-refractivity contribution in [3.63, 3.8) is 0 Å². The van der Waals surface area contributed by atoms with Crippen LogP contribution in [0.2, 0.25) is 5.02 Å². The molecule has 0 bridgehead atoms. The topological polar surface area (TPSA) is 52.7 Å². The van der Waals surface area contributed by atoms with Crippen LogP contribution in [0.4, 0.5) is 11.4 Å². The average molecular weight is 512 g/mol. The van der Waals surface area contributed by atoms with Gasteiger partial charge in [-0.05, 0) is 46.9 Å². The largest absolute Gasteiger partial charge is 0.365 e. The molecule has 0 atom stereocenters. The minimum Gasteiger partial charge on any atom is -0.365 e. The number of nitrogens with one attached hydrogen (secondary N) is 1. The van der Waals surface area contributed by atoms with E-state index in [1.54, 1.807) is 6.07 Å². The van der Waals surface area contributed by atoms with E-state index >= 15 is 0 Å². The molecule has 2 amide bonds. The Morgan fingerprint density at radius 3 is 2.36 bits per heavy atom. The molecule has 2 aromatic carbocycles. The predicted octanol–water partition coefficient (Wildman–Crippen LogP) is 4.50. The van der Waals surface area contributed by atoms with Crippen molar-refractivity contribution in [1.29, 1.82) is 0 Å². The molecule has 1 aliphatic heterocycles. The highest BCUT2D eigenvalue weighted by Crippen LogP contribution is 2.35. The second-order valence-corrected chi connectivity index (χ2v) is 8.61. The first-order valence-electron chi connectivity index (χ1n) is 9.26. The lowest BCUT2D eigenvalue weighted by Crippen LogP contribution is -2.50. The minimum absolute atomic E-state index is 0.00458. The maximum atomic E-state index is 12.8. The fourth-order valence-electron chi connectivity index (χ4n) is 3.29. The number of nitrogens with zero attached hydrogens (tertiary/aromatic N) is 2. The van der Waals surface area contributed by atoms with Gasteiger partial charge < -0.3 is 15.1 Å². The first-order chi connectivity index (χ1) is 13.4. The average Bonchev–Trinajstić information content (AvgIpc) is 2.68. The van der Waals surface area contributed by atoms with Gasteiger partial charge in [0.25, 0.3) is 5.91 Å². The summed E-state index contributed by atoms with van der Waals surface area (Å²) in [5.41, 5.74) is 2.11. The number of amides is 2. The molecule has 28 heavy (non-hydrogen) atoms. The van der Waals surface area contributed by atoms with Gasteiger partial charge in [-0.3, -0.25) is 9.59 Å². The van der Waals surface area contributed by atoms with E-state index < -0.39 is 0 Å². The van der Waals surface area contributed by atoms with E-state index in [9.17, 15) is 9.59 Å². The van der Waals surface area contributed by atoms with E-state index in [-0.39, 0.29) is 17.7 Å². The summed E-state index contributed by atoms with van der Waals surface area (Å²) in [6.45, 7) is 6.48. The third-order valence-electron chi connectivity index (χ3n) is 4.75. The molecule has 0 spiro atoms. The maximum absolute atomic E-state index is 12.8. The van der Waals surface area contributed by atoms with Crippen LogP contribution >= 0.6 is 34.2 Å². The zero-order chi connectivity index (χ0) is 20.3. The Bertz CT molecular complexity index is 880. The van der Waals surface area contributed by atoms with Crippen molar-refractivity contribution < 1.29 is 9.59 Å². The SMILES string of the molecule is CC(C)C(=O)N1CCN(c2c(Cl)cccc2NC(=O)c2ccccc2I)CC1. The van der Waals surface area contributed by atoms with Gasteiger partial charge >= 0.3 is 0 Å². The molecule has 2 aromatic rings. The molecule has 5 nitrogen and oxygen atoms in total. The lowest BCUT2D eigenvalue weighted by atomic mass is 10.1. The first-order valence-corrected chi connectivity index (χ1v) is 10.7. The van der Waals surface area contributed by atoms with Gasteiger partial charge in [0.2, 0.25) is 5.91 Å². The lowest BCUT2D eigenvalue weighted by Gasteiger charge is -2.38. The third-order valence-corrected chi connectivity index (χ3v) is 6.00. The molecule has 0 aliphatic carbocycles. The van der Waals surface area contributed by atoms with E-state index in [0.29, 0.717) is 42.5 Å². The van der Waals surface area contributed by atoms with Gasteiger partial charge in [0.15, 0.2) is 0 Å². The number of anilines is 2. The summed E-state index contributed by atoms with van der Waals surface area (Å²) >= 11 is 8.65. The van der Waals surface area contributed by atoms with E-state index in [0.717, 1.165) is 9.26 Å². The van der Waals surface area contributed by atoms with Crippen molar-refractivity contribution in [3.05, 3.63) is 56.6 Å². The van der Waals surface area contributed by atoms with Gasteiger partial charge in [-0.15, -0.1) is 0 Å². The number of carbonyl (C=O) groups is 2. The molecule has 1 saturated heterocycles. The Morgan fingerprint density at radius 1 is 1.04 bits per heavy atom. The molecular formula is C21H23ClIN3O2. The molecule has 0 unspecified atom stereocenters. The highest BCUT2D eigenvalue weighted by atomic mass is 127. The van der Waals surface area contributed by atoms with Crippen LogP contribution in [0.3, 0.4) is 0 Å². The predicted molar refractivity (Wildman–Crippen MR) is 122 cm³/mol. The Kier molecular flexibility index (Phi) is 6.82. The van der Waals surface area contributed by atoms with Crippen LogP contribution in [0, 0.1) is 9.49 Å². The van der Waals surface area contributed by atoms with Crippen molar-refractivity contribution in [2.75, 3.05) is 36.4 Å². The molecule has 7 heteroatoms. The van der Waals surface area contributed by atoms with Gasteiger partial charge in [0.1, 0.15) is 0 Å². The number of piperazine rings is 1. The van der Waals surface area contributed by atoms with Crippen molar-refractivity contribution in [2.45, 2.75) is 13.8 Å². The summed E-state index contributed by atoms with van der Waals surface area (Å²) in [5, 5.41) is 3.59. The summed E-state index contributed by atoms with van der Waals surface area (Å²) in [5.74, 6) is 0.00295. The molecule has 1 N–H and O–H groups in total. The van der Waals surface area contributed by atoms with Crippen LogP contribution in [-0.2, 0) is 4.79 Å². The second-order valence-electron chi connectivity index (χ2n) is 7.04. The molecule has 1 heterocycles. The molecular weight excluding hydrogens is 489 g/mol. The number of carbonyl (C=O) groups excluding carboxylic acids is 2. The van der Waals surface area contributed by atoms with E-state index in [1.807, 2.05) is 55.1 Å². The fourth-order valence-corrected chi connectivity index (χ4v) is 4.21. The van der Waals surface area contributed by atoms with Crippen LogP contribution in [0.5, 0.6) is 0 Å². The molecule has 1 aliphatic rings. The van der Waals surface area contributed by atoms with Crippen LogP contribution < -0.4 is 10.2 Å². The molecule has 1 fully saturated rings. The highest BCUT2D eigenvalue weighted by molar-refractivity contribution is 14.1. The summed E-state index contributed by atoms with van der Waals surface area (Å²) in [4.78, 5) is 29.0. The van der Waals surface area contributed by atoms with Crippen molar-refractivity contribution >= 4 is 57.4 Å². The monoisotopic (exact) mass is 511 g/mol. The zero-order valence-corrected chi connectivity index (χ0v) is 18.8. The summed E-state index contributed by atoms with van der Waals surface area (Å²) in [6.07, 6.45) is 0. The van der Waals surface area contributed by atoms with Crippen LogP contribution in [0.1, 0.15) is 24.2 Å². The van der Waals surface area contributed by atoms with Crippen molar-refractivity contribution in [3.8, 4) is 0 Å². The Balaban J connectivity index is 1.79. The van der Waals surface area contributed by atoms with Crippen molar-refractivity contribution in [2.24, 2.45) is 5.92 Å². The highest BCUT2D eigenvalue weighted by Gasteiger charge is 2.25. The number of rotatable bonds is 4. The Morgan fingerprint density at radius 2 is 1.71 bits per heavy atom. The number of hydrogen-bond acceptors (Lipinski definition) is 3. The molecule has 0 saturated carbocycles. The third kappa shape index (κ3) is 4.60. The summed E-state index contributed by atoms with van der Waals surface area (Å²) in [7, 11) is 0. The normalized spacial score (nSPS) is 14.3. The number of halogens is 2. The van der Waals surface area contributed by atoms with Crippen LogP contribution in [0.15, 0.2) is 42.5 Å². The first kappa shape index (κ1) is 20.9. The summed E-state index contributed by atoms with van der Waals surface area (Å²) < 4.78 is 0.891. The number of para-hydroxylation sites is 1. The molecule has 0 aromatic heterocycles. The second kappa shape index (κ2) is 9.13. The van der Waals surface area contributed by atoms with Crippen LogP contribution in [0.25, 0.3) is 0 Å².